The average molecular weight is 255 g/mol. The Morgan fingerprint density at radius 2 is 1.74 bits per heavy atom. The predicted molar refractivity (Wildman–Crippen MR) is 80.1 cm³/mol. The van der Waals surface area contributed by atoms with Crippen LogP contribution < -0.4 is 5.32 Å². The second-order valence-corrected chi connectivity index (χ2v) is 4.66. The normalized spacial score (nSPS) is 10.4. The number of hydrogen-bond donors (Lipinski definition) is 1. The van der Waals surface area contributed by atoms with Crippen molar-refractivity contribution in [3.8, 4) is 11.3 Å². The van der Waals surface area contributed by atoms with Crippen molar-refractivity contribution in [3.05, 3.63) is 42.5 Å². The highest BCUT2D eigenvalue weighted by molar-refractivity contribution is 5.59. The van der Waals surface area contributed by atoms with Gasteiger partial charge in [-0.3, -0.25) is 0 Å². The highest BCUT2D eigenvalue weighted by Crippen LogP contribution is 2.16. The van der Waals surface area contributed by atoms with Crippen LogP contribution in [0.5, 0.6) is 0 Å². The van der Waals surface area contributed by atoms with Gasteiger partial charge in [0.25, 0.3) is 0 Å². The van der Waals surface area contributed by atoms with E-state index in [2.05, 4.69) is 22.4 Å². The van der Waals surface area contributed by atoms with Crippen molar-refractivity contribution in [3.63, 3.8) is 0 Å². The topological polar surface area (TPSA) is 37.8 Å². The van der Waals surface area contributed by atoms with Crippen molar-refractivity contribution in [1.29, 1.82) is 0 Å². The molecule has 0 unspecified atom stereocenters. The maximum absolute atomic E-state index is 4.25. The number of nitrogens with one attached hydrogen (secondary N) is 1. The number of aromatic nitrogens is 2. The summed E-state index contributed by atoms with van der Waals surface area (Å²) >= 11 is 0. The van der Waals surface area contributed by atoms with Crippen LogP contribution in [0.1, 0.15) is 32.6 Å². The zero-order valence-electron chi connectivity index (χ0n) is 11.5. The lowest BCUT2D eigenvalue weighted by Crippen LogP contribution is -2.04. The number of unbranched alkanes of at least 4 members (excludes halogenated alkanes) is 3. The first-order valence-corrected chi connectivity index (χ1v) is 7.03. The summed E-state index contributed by atoms with van der Waals surface area (Å²) in [7, 11) is 0. The molecule has 0 aliphatic rings. The number of hydrogen-bond acceptors (Lipinski definition) is 3. The Bertz CT molecular complexity index is 465. The minimum Gasteiger partial charge on any atom is -0.369 e. The van der Waals surface area contributed by atoms with Gasteiger partial charge in [0, 0.05) is 12.1 Å². The first-order valence-electron chi connectivity index (χ1n) is 7.03. The largest absolute Gasteiger partial charge is 0.369 e. The van der Waals surface area contributed by atoms with Crippen LogP contribution in [0, 0.1) is 0 Å². The molecule has 0 atom stereocenters. The number of nitrogens with zero attached hydrogens (tertiary/aromatic N) is 2. The summed E-state index contributed by atoms with van der Waals surface area (Å²) < 4.78 is 0. The molecule has 0 radical (unpaired) electrons. The molecule has 3 heteroatoms. The SMILES string of the molecule is CCCCCCNc1ccc(-c2ccccc2)nn1. The predicted octanol–water partition coefficient (Wildman–Crippen LogP) is 4.14. The molecule has 2 rings (SSSR count). The summed E-state index contributed by atoms with van der Waals surface area (Å²) in [5.41, 5.74) is 2.02. The molecule has 0 fully saturated rings. The third kappa shape index (κ3) is 4.36. The van der Waals surface area contributed by atoms with Gasteiger partial charge >= 0.3 is 0 Å². The van der Waals surface area contributed by atoms with Crippen molar-refractivity contribution in [1.82, 2.24) is 10.2 Å². The van der Waals surface area contributed by atoms with E-state index >= 15 is 0 Å². The van der Waals surface area contributed by atoms with E-state index < -0.39 is 0 Å². The van der Waals surface area contributed by atoms with E-state index in [0.29, 0.717) is 0 Å². The van der Waals surface area contributed by atoms with E-state index in [-0.39, 0.29) is 0 Å². The minimum atomic E-state index is 0.858. The fraction of sp³-hybridized carbons (Fsp3) is 0.375. The second-order valence-electron chi connectivity index (χ2n) is 4.66. The van der Waals surface area contributed by atoms with Gasteiger partial charge < -0.3 is 5.32 Å². The highest BCUT2D eigenvalue weighted by Gasteiger charge is 1.99. The van der Waals surface area contributed by atoms with E-state index in [0.717, 1.165) is 23.6 Å². The molecule has 0 spiro atoms. The molecule has 0 aliphatic carbocycles. The molecule has 1 aromatic heterocycles. The first kappa shape index (κ1) is 13.5. The molecule has 0 amide bonds. The van der Waals surface area contributed by atoms with Gasteiger partial charge in [-0.05, 0) is 18.6 Å². The van der Waals surface area contributed by atoms with E-state index in [1.165, 1.54) is 25.7 Å². The fourth-order valence-corrected chi connectivity index (χ4v) is 1.96. The summed E-state index contributed by atoms with van der Waals surface area (Å²) in [6, 6.07) is 14.1. The summed E-state index contributed by atoms with van der Waals surface area (Å²) in [4.78, 5) is 0. The van der Waals surface area contributed by atoms with Crippen LogP contribution in [-0.2, 0) is 0 Å². The number of anilines is 1. The first-order chi connectivity index (χ1) is 9.40. The fourth-order valence-electron chi connectivity index (χ4n) is 1.96. The summed E-state index contributed by atoms with van der Waals surface area (Å²) in [6.07, 6.45) is 5.04. The maximum atomic E-state index is 4.25. The Balaban J connectivity index is 1.85. The molecule has 3 nitrogen and oxygen atoms in total. The highest BCUT2D eigenvalue weighted by atomic mass is 15.2. The summed E-state index contributed by atoms with van der Waals surface area (Å²) in [5.74, 6) is 0.858. The minimum absolute atomic E-state index is 0.858. The van der Waals surface area contributed by atoms with Gasteiger partial charge in [-0.25, -0.2) is 0 Å². The lowest BCUT2D eigenvalue weighted by atomic mass is 10.1. The molecule has 0 saturated carbocycles. The van der Waals surface area contributed by atoms with Gasteiger partial charge in [0.15, 0.2) is 0 Å². The second kappa shape index (κ2) is 7.52. The molecule has 1 heterocycles. The van der Waals surface area contributed by atoms with E-state index in [9.17, 15) is 0 Å². The van der Waals surface area contributed by atoms with Gasteiger partial charge in [-0.15, -0.1) is 10.2 Å². The Hall–Kier alpha value is -1.90. The van der Waals surface area contributed by atoms with E-state index in [4.69, 9.17) is 0 Å². The standard InChI is InChI=1S/C16H21N3/c1-2-3-4-8-13-17-16-12-11-15(18-19-16)14-9-6-5-7-10-14/h5-7,9-12H,2-4,8,13H2,1H3,(H,17,19). The van der Waals surface area contributed by atoms with Crippen molar-refractivity contribution in [2.75, 3.05) is 11.9 Å². The average Bonchev–Trinajstić information content (AvgIpc) is 2.49. The maximum Gasteiger partial charge on any atom is 0.148 e. The van der Waals surface area contributed by atoms with Gasteiger partial charge in [-0.2, -0.15) is 0 Å². The molecule has 2 aromatic rings. The van der Waals surface area contributed by atoms with Gasteiger partial charge in [0.05, 0.1) is 5.69 Å². The van der Waals surface area contributed by atoms with Crippen LogP contribution in [-0.4, -0.2) is 16.7 Å². The van der Waals surface area contributed by atoms with Crippen LogP contribution in [0.2, 0.25) is 0 Å². The Morgan fingerprint density at radius 1 is 0.895 bits per heavy atom. The molecular weight excluding hydrogens is 234 g/mol. The van der Waals surface area contributed by atoms with Crippen molar-refractivity contribution < 1.29 is 0 Å². The lowest BCUT2D eigenvalue weighted by molar-refractivity contribution is 0.684. The lowest BCUT2D eigenvalue weighted by Gasteiger charge is -2.05. The zero-order valence-corrected chi connectivity index (χ0v) is 11.5. The third-order valence-electron chi connectivity index (χ3n) is 3.07. The summed E-state index contributed by atoms with van der Waals surface area (Å²) in [6.45, 7) is 3.20. The number of rotatable bonds is 7. The van der Waals surface area contributed by atoms with Gasteiger partial charge in [0.1, 0.15) is 5.82 Å². The number of benzene rings is 1. The van der Waals surface area contributed by atoms with E-state index in [1.54, 1.807) is 0 Å². The van der Waals surface area contributed by atoms with E-state index in [1.807, 2.05) is 42.5 Å². The van der Waals surface area contributed by atoms with Gasteiger partial charge in [0.2, 0.25) is 0 Å². The molecule has 1 N–H and O–H groups in total. The molecular formula is C16H21N3. The molecule has 1 aromatic carbocycles. The summed E-state index contributed by atoms with van der Waals surface area (Å²) in [5, 5.41) is 11.8. The molecule has 0 saturated heterocycles. The van der Waals surface area contributed by atoms with Crippen LogP contribution >= 0.6 is 0 Å². The van der Waals surface area contributed by atoms with Crippen molar-refractivity contribution >= 4 is 5.82 Å². The van der Waals surface area contributed by atoms with Crippen LogP contribution in [0.25, 0.3) is 11.3 Å². The smallest absolute Gasteiger partial charge is 0.148 e. The monoisotopic (exact) mass is 255 g/mol. The molecule has 0 aliphatic heterocycles. The zero-order chi connectivity index (χ0) is 13.3. The Labute approximate surface area is 115 Å². The van der Waals surface area contributed by atoms with Crippen LogP contribution in [0.15, 0.2) is 42.5 Å². The molecule has 100 valence electrons. The quantitative estimate of drug-likeness (QED) is 0.756. The Morgan fingerprint density at radius 3 is 2.42 bits per heavy atom. The molecule has 19 heavy (non-hydrogen) atoms. The van der Waals surface area contributed by atoms with Gasteiger partial charge in [-0.1, -0.05) is 56.5 Å². The third-order valence-corrected chi connectivity index (χ3v) is 3.07. The van der Waals surface area contributed by atoms with Crippen molar-refractivity contribution in [2.24, 2.45) is 0 Å². The van der Waals surface area contributed by atoms with Crippen molar-refractivity contribution in [2.45, 2.75) is 32.6 Å². The molecule has 0 bridgehead atoms. The van der Waals surface area contributed by atoms with Crippen LogP contribution in [0.4, 0.5) is 5.82 Å². The van der Waals surface area contributed by atoms with Crippen LogP contribution in [0.3, 0.4) is 0 Å². The Kier molecular flexibility index (Phi) is 5.35.